The lowest BCUT2D eigenvalue weighted by molar-refractivity contribution is -0.394. The predicted molar refractivity (Wildman–Crippen MR) is 46.3 cm³/mol. The molecule has 0 saturated carbocycles. The Morgan fingerprint density at radius 2 is 1.79 bits per heavy atom. The lowest BCUT2D eigenvalue weighted by Gasteiger charge is -2.19. The number of hydrogen-bond acceptors (Lipinski definition) is 6. The average Bonchev–Trinajstić information content (AvgIpc) is 2.21. The molecular weight excluding hydrogens is 192 g/mol. The summed E-state index contributed by atoms with van der Waals surface area (Å²) >= 11 is 0. The van der Waals surface area contributed by atoms with Crippen molar-refractivity contribution in [2.24, 2.45) is 0 Å². The molecule has 7 nitrogen and oxygen atoms in total. The standard InChI is InChI=1S/C7H16N2O5/c1-2-7(12)8-9(13-5-3-10)14-6-4-11/h10-11H,2-6H2,1H3,(H,8,12). The average molecular weight is 208 g/mol. The van der Waals surface area contributed by atoms with Crippen molar-refractivity contribution in [2.75, 3.05) is 26.4 Å². The van der Waals surface area contributed by atoms with Crippen LogP contribution >= 0.6 is 0 Å². The minimum atomic E-state index is -0.291. The van der Waals surface area contributed by atoms with Crippen molar-refractivity contribution in [1.82, 2.24) is 10.8 Å². The van der Waals surface area contributed by atoms with Crippen LogP contribution in [0.5, 0.6) is 0 Å². The normalized spacial score (nSPS) is 10.6. The summed E-state index contributed by atoms with van der Waals surface area (Å²) in [7, 11) is 0. The van der Waals surface area contributed by atoms with E-state index in [2.05, 4.69) is 5.43 Å². The lowest BCUT2D eigenvalue weighted by atomic mass is 10.5. The van der Waals surface area contributed by atoms with Gasteiger partial charge in [-0.2, -0.15) is 0 Å². The zero-order valence-corrected chi connectivity index (χ0v) is 8.10. The summed E-state index contributed by atoms with van der Waals surface area (Å²) in [5, 5.41) is 17.7. The fraction of sp³-hybridized carbons (Fsp3) is 0.857. The number of nitrogens with one attached hydrogen (secondary N) is 1. The van der Waals surface area contributed by atoms with Crippen LogP contribution in [0.15, 0.2) is 0 Å². The molecule has 0 aromatic carbocycles. The first-order chi connectivity index (χ1) is 6.74. The monoisotopic (exact) mass is 208 g/mol. The maximum absolute atomic E-state index is 10.9. The molecule has 0 aliphatic carbocycles. The van der Waals surface area contributed by atoms with Gasteiger partial charge in [0.05, 0.1) is 26.4 Å². The molecule has 0 saturated heterocycles. The van der Waals surface area contributed by atoms with Crippen LogP contribution in [0, 0.1) is 0 Å². The van der Waals surface area contributed by atoms with Crippen molar-refractivity contribution in [3.05, 3.63) is 0 Å². The molecule has 14 heavy (non-hydrogen) atoms. The van der Waals surface area contributed by atoms with Gasteiger partial charge in [-0.1, -0.05) is 6.92 Å². The molecule has 0 bridgehead atoms. The first-order valence-electron chi connectivity index (χ1n) is 4.31. The molecule has 84 valence electrons. The van der Waals surface area contributed by atoms with Gasteiger partial charge in [0.15, 0.2) is 0 Å². The molecule has 1 amide bonds. The largest absolute Gasteiger partial charge is 0.394 e. The molecule has 0 fully saturated rings. The Kier molecular flexibility index (Phi) is 8.39. The molecule has 0 aliphatic rings. The topological polar surface area (TPSA) is 91.3 Å². The fourth-order valence-corrected chi connectivity index (χ4v) is 0.530. The summed E-state index contributed by atoms with van der Waals surface area (Å²) in [4.78, 5) is 20.5. The van der Waals surface area contributed by atoms with Crippen molar-refractivity contribution in [1.29, 1.82) is 0 Å². The molecule has 0 aliphatic heterocycles. The van der Waals surface area contributed by atoms with Crippen molar-refractivity contribution in [2.45, 2.75) is 13.3 Å². The second kappa shape index (κ2) is 8.85. The highest BCUT2D eigenvalue weighted by Gasteiger charge is 2.08. The van der Waals surface area contributed by atoms with Gasteiger partial charge in [-0.25, -0.2) is 5.43 Å². The molecule has 0 aromatic rings. The third-order valence-electron chi connectivity index (χ3n) is 1.14. The van der Waals surface area contributed by atoms with Gasteiger partial charge >= 0.3 is 0 Å². The molecule has 0 atom stereocenters. The highest BCUT2D eigenvalue weighted by atomic mass is 17.0. The number of hydrogen-bond donors (Lipinski definition) is 3. The van der Waals surface area contributed by atoms with E-state index in [1.165, 1.54) is 0 Å². The Bertz CT molecular complexity index is 147. The lowest BCUT2D eigenvalue weighted by Crippen LogP contribution is -2.42. The minimum absolute atomic E-state index is 0.00454. The highest BCUT2D eigenvalue weighted by Crippen LogP contribution is 1.89. The molecular formula is C7H16N2O5. The summed E-state index contributed by atoms with van der Waals surface area (Å²) < 4.78 is 0. The minimum Gasteiger partial charge on any atom is -0.394 e. The van der Waals surface area contributed by atoms with Gasteiger partial charge in [-0.05, 0) is 0 Å². The Morgan fingerprint density at radius 1 is 1.29 bits per heavy atom. The Morgan fingerprint density at radius 3 is 2.14 bits per heavy atom. The maximum atomic E-state index is 10.9. The van der Waals surface area contributed by atoms with Crippen molar-refractivity contribution in [3.8, 4) is 0 Å². The first-order valence-corrected chi connectivity index (χ1v) is 4.31. The zero-order chi connectivity index (χ0) is 10.8. The van der Waals surface area contributed by atoms with E-state index in [4.69, 9.17) is 19.9 Å². The number of rotatable bonds is 8. The fourth-order valence-electron chi connectivity index (χ4n) is 0.530. The Balaban J connectivity index is 3.77. The summed E-state index contributed by atoms with van der Waals surface area (Å²) in [6, 6.07) is 0. The summed E-state index contributed by atoms with van der Waals surface area (Å²) in [6.07, 6.45) is 0.279. The van der Waals surface area contributed by atoms with Crippen LogP contribution in [-0.4, -0.2) is 47.9 Å². The number of aliphatic hydroxyl groups excluding tert-OH is 2. The van der Waals surface area contributed by atoms with Crippen LogP contribution in [-0.2, 0) is 14.5 Å². The number of hydrazine groups is 1. The van der Waals surface area contributed by atoms with Crippen LogP contribution in [0.4, 0.5) is 0 Å². The molecule has 0 radical (unpaired) electrons. The highest BCUT2D eigenvalue weighted by molar-refractivity contribution is 5.74. The second-order valence-corrected chi connectivity index (χ2v) is 2.26. The van der Waals surface area contributed by atoms with Crippen LogP contribution < -0.4 is 5.43 Å². The number of amides is 1. The number of carbonyl (C=O) groups is 1. The molecule has 7 heteroatoms. The summed E-state index contributed by atoms with van der Waals surface area (Å²) in [6.45, 7) is 1.28. The summed E-state index contributed by atoms with van der Waals surface area (Å²) in [5.74, 6) is -0.291. The Labute approximate surface area is 82.1 Å². The van der Waals surface area contributed by atoms with Gasteiger partial charge in [0.1, 0.15) is 0 Å². The quantitative estimate of drug-likeness (QED) is 0.424. The Hall–Kier alpha value is -0.730. The SMILES string of the molecule is CCC(=O)NN(OCCO)OCCO. The third-order valence-corrected chi connectivity index (χ3v) is 1.14. The van der Waals surface area contributed by atoms with Crippen molar-refractivity contribution >= 4 is 5.91 Å². The maximum Gasteiger partial charge on any atom is 0.237 e. The van der Waals surface area contributed by atoms with E-state index < -0.39 is 0 Å². The first kappa shape index (κ1) is 13.3. The number of nitrogens with zero attached hydrogens (tertiary/aromatic N) is 1. The molecule has 3 N–H and O–H groups in total. The third kappa shape index (κ3) is 6.75. The van der Waals surface area contributed by atoms with Gasteiger partial charge in [0.2, 0.25) is 5.91 Å². The van der Waals surface area contributed by atoms with Crippen LogP contribution in [0.25, 0.3) is 0 Å². The van der Waals surface area contributed by atoms with Gasteiger partial charge in [-0.15, -0.1) is 0 Å². The summed E-state index contributed by atoms with van der Waals surface area (Å²) in [5.41, 5.74) is 2.26. The molecule has 0 heterocycles. The smallest absolute Gasteiger partial charge is 0.237 e. The molecule has 0 aromatic heterocycles. The zero-order valence-electron chi connectivity index (χ0n) is 8.10. The number of aliphatic hydroxyl groups is 2. The molecule has 0 unspecified atom stereocenters. The van der Waals surface area contributed by atoms with Crippen LogP contribution in [0.1, 0.15) is 13.3 Å². The predicted octanol–water partition coefficient (Wildman–Crippen LogP) is -1.42. The van der Waals surface area contributed by atoms with Gasteiger partial charge in [0.25, 0.3) is 0 Å². The van der Waals surface area contributed by atoms with Crippen molar-refractivity contribution in [3.63, 3.8) is 0 Å². The van der Waals surface area contributed by atoms with E-state index in [1.807, 2.05) is 0 Å². The molecule has 0 spiro atoms. The van der Waals surface area contributed by atoms with Gasteiger partial charge in [-0.3, -0.25) is 14.5 Å². The van der Waals surface area contributed by atoms with Gasteiger partial charge in [0, 0.05) is 11.8 Å². The van der Waals surface area contributed by atoms with Crippen molar-refractivity contribution < 1.29 is 24.7 Å². The number of carbonyl (C=O) groups excluding carboxylic acids is 1. The van der Waals surface area contributed by atoms with Crippen LogP contribution in [0.2, 0.25) is 0 Å². The van der Waals surface area contributed by atoms with E-state index in [9.17, 15) is 4.79 Å². The van der Waals surface area contributed by atoms with Crippen LogP contribution in [0.3, 0.4) is 0 Å². The van der Waals surface area contributed by atoms with E-state index in [-0.39, 0.29) is 38.8 Å². The van der Waals surface area contributed by atoms with E-state index in [0.29, 0.717) is 0 Å². The van der Waals surface area contributed by atoms with E-state index in [0.717, 1.165) is 5.34 Å². The second-order valence-electron chi connectivity index (χ2n) is 2.26. The molecule has 0 rings (SSSR count). The van der Waals surface area contributed by atoms with E-state index >= 15 is 0 Å². The van der Waals surface area contributed by atoms with Gasteiger partial charge < -0.3 is 10.2 Å². The van der Waals surface area contributed by atoms with E-state index in [1.54, 1.807) is 6.92 Å².